The Morgan fingerprint density at radius 2 is 1.57 bits per heavy atom. The molecule has 0 aromatic heterocycles. The van der Waals surface area contributed by atoms with Gasteiger partial charge in [0, 0.05) is 18.8 Å². The highest BCUT2D eigenvalue weighted by atomic mass is 16.5. The van der Waals surface area contributed by atoms with Crippen LogP contribution in [-0.4, -0.2) is 29.6 Å². The first-order valence-corrected chi connectivity index (χ1v) is 16.8. The summed E-state index contributed by atoms with van der Waals surface area (Å²) in [7, 11) is 0. The number of allylic oxidation sites excluding steroid dienone is 2. The Balaban J connectivity index is 1.32. The summed E-state index contributed by atoms with van der Waals surface area (Å²) in [4.78, 5) is 28.2. The smallest absolute Gasteiger partial charge is 0.312 e. The van der Waals surface area contributed by atoms with Crippen LogP contribution in [0.1, 0.15) is 118 Å². The topological polar surface area (TPSA) is 63.6 Å². The molecule has 1 aromatic carbocycles. The molecular formula is C38H54O4. The van der Waals surface area contributed by atoms with E-state index in [0.717, 1.165) is 57.8 Å². The molecule has 1 aromatic rings. The molecule has 8 atom stereocenters. The van der Waals surface area contributed by atoms with Crippen LogP contribution in [-0.2, 0) is 20.7 Å². The van der Waals surface area contributed by atoms with Gasteiger partial charge in [0.05, 0.1) is 18.1 Å². The van der Waals surface area contributed by atoms with Gasteiger partial charge in [-0.3, -0.25) is 9.59 Å². The molecule has 4 saturated carbocycles. The van der Waals surface area contributed by atoms with E-state index in [1.165, 1.54) is 16.7 Å². The van der Waals surface area contributed by atoms with Gasteiger partial charge in [-0.1, -0.05) is 83.0 Å². The third kappa shape index (κ3) is 4.16. The second-order valence-electron chi connectivity index (χ2n) is 16.9. The zero-order valence-corrected chi connectivity index (χ0v) is 27.3. The maximum atomic E-state index is 14.5. The van der Waals surface area contributed by atoms with Crippen molar-refractivity contribution in [3.63, 3.8) is 0 Å². The van der Waals surface area contributed by atoms with Crippen LogP contribution in [0.2, 0.25) is 0 Å². The van der Waals surface area contributed by atoms with Crippen molar-refractivity contribution in [3.8, 4) is 0 Å². The van der Waals surface area contributed by atoms with Crippen LogP contribution in [0.25, 0.3) is 0 Å². The fourth-order valence-corrected chi connectivity index (χ4v) is 11.4. The number of hydrogen-bond donors (Lipinski definition) is 1. The standard InChI is InChI=1S/C38H54O4/c1-33(2)29-13-17-38(7)31(36(29,5)16-14-30(33)40)28(39)23-26-27-24-35(4,19-18-34(27,3)20-21-37(26,38)6)32(41)42-22-15-25-11-9-8-10-12-25/h8-12,29-31,40H,13-24H2,1-7H3/t29?,30-,31?,34+,35-,36-,37+,38+/m0/s1. The number of esters is 1. The maximum absolute atomic E-state index is 14.5. The number of fused-ring (bicyclic) bond motifs is 6. The van der Waals surface area contributed by atoms with E-state index in [-0.39, 0.29) is 45.1 Å². The van der Waals surface area contributed by atoms with Crippen LogP contribution >= 0.6 is 0 Å². The van der Waals surface area contributed by atoms with Gasteiger partial charge in [-0.05, 0) is 103 Å². The van der Waals surface area contributed by atoms with Gasteiger partial charge in [-0.2, -0.15) is 0 Å². The van der Waals surface area contributed by atoms with E-state index >= 15 is 0 Å². The molecule has 2 unspecified atom stereocenters. The predicted molar refractivity (Wildman–Crippen MR) is 167 cm³/mol. The van der Waals surface area contributed by atoms with Crippen molar-refractivity contribution in [3.05, 3.63) is 47.0 Å². The molecule has 4 fully saturated rings. The predicted octanol–water partition coefficient (Wildman–Crippen LogP) is 8.26. The number of aliphatic hydroxyl groups excluding tert-OH is 1. The highest BCUT2D eigenvalue weighted by molar-refractivity contribution is 5.88. The maximum Gasteiger partial charge on any atom is 0.312 e. The summed E-state index contributed by atoms with van der Waals surface area (Å²) < 4.78 is 5.94. The van der Waals surface area contributed by atoms with Gasteiger partial charge in [0.15, 0.2) is 0 Å². The van der Waals surface area contributed by atoms with E-state index in [2.05, 4.69) is 60.6 Å². The van der Waals surface area contributed by atoms with E-state index in [1.807, 2.05) is 18.2 Å². The van der Waals surface area contributed by atoms with E-state index < -0.39 is 5.41 Å². The zero-order chi connectivity index (χ0) is 30.3. The Hall–Kier alpha value is -1.94. The van der Waals surface area contributed by atoms with Crippen molar-refractivity contribution in [2.45, 2.75) is 125 Å². The van der Waals surface area contributed by atoms with Crippen LogP contribution in [0.5, 0.6) is 0 Å². The lowest BCUT2D eigenvalue weighted by Crippen LogP contribution is -2.66. The fourth-order valence-electron chi connectivity index (χ4n) is 11.4. The minimum absolute atomic E-state index is 0.0205. The largest absolute Gasteiger partial charge is 0.465 e. The Morgan fingerprint density at radius 1 is 0.881 bits per heavy atom. The average Bonchev–Trinajstić information content (AvgIpc) is 2.93. The molecule has 42 heavy (non-hydrogen) atoms. The van der Waals surface area contributed by atoms with Crippen molar-refractivity contribution < 1.29 is 19.4 Å². The van der Waals surface area contributed by atoms with Gasteiger partial charge in [-0.15, -0.1) is 0 Å². The first kappa shape index (κ1) is 30.1. The lowest BCUT2D eigenvalue weighted by molar-refractivity contribution is -0.203. The minimum Gasteiger partial charge on any atom is -0.465 e. The van der Waals surface area contributed by atoms with E-state index in [9.17, 15) is 14.7 Å². The number of Topliss-reactive ketones (excluding diaryl/α,β-unsaturated/α-hetero) is 1. The Bertz CT molecular complexity index is 1300. The molecule has 230 valence electrons. The summed E-state index contributed by atoms with van der Waals surface area (Å²) >= 11 is 0. The molecule has 5 aliphatic carbocycles. The number of hydrogen-bond acceptors (Lipinski definition) is 4. The minimum atomic E-state index is -0.551. The first-order valence-electron chi connectivity index (χ1n) is 16.8. The van der Waals surface area contributed by atoms with Crippen LogP contribution in [0.4, 0.5) is 0 Å². The highest BCUT2D eigenvalue weighted by Gasteiger charge is 2.69. The molecule has 5 aliphatic rings. The third-order valence-corrected chi connectivity index (χ3v) is 14.4. The number of benzene rings is 1. The molecule has 4 heteroatoms. The second kappa shape index (κ2) is 9.78. The molecule has 4 nitrogen and oxygen atoms in total. The average molecular weight is 575 g/mol. The molecule has 0 saturated heterocycles. The molecule has 0 radical (unpaired) electrons. The van der Waals surface area contributed by atoms with Gasteiger partial charge < -0.3 is 9.84 Å². The number of rotatable bonds is 4. The van der Waals surface area contributed by atoms with Crippen LogP contribution in [0, 0.1) is 44.3 Å². The van der Waals surface area contributed by atoms with Gasteiger partial charge in [0.2, 0.25) is 0 Å². The Labute approximate surface area is 254 Å². The van der Waals surface area contributed by atoms with Gasteiger partial charge in [0.25, 0.3) is 0 Å². The zero-order valence-electron chi connectivity index (χ0n) is 27.3. The Morgan fingerprint density at radius 3 is 2.29 bits per heavy atom. The Kier molecular flexibility index (Phi) is 7.01. The number of carbonyl (C=O) groups is 2. The van der Waals surface area contributed by atoms with Crippen molar-refractivity contribution >= 4 is 11.8 Å². The van der Waals surface area contributed by atoms with E-state index in [1.54, 1.807) is 0 Å². The summed E-state index contributed by atoms with van der Waals surface area (Å²) in [5.41, 5.74) is 3.05. The van der Waals surface area contributed by atoms with Crippen molar-refractivity contribution in [1.82, 2.24) is 0 Å². The summed E-state index contributed by atoms with van der Waals surface area (Å²) in [6.07, 6.45) is 9.56. The van der Waals surface area contributed by atoms with Crippen molar-refractivity contribution in [2.24, 2.45) is 44.3 Å². The van der Waals surface area contributed by atoms with Crippen molar-refractivity contribution in [1.29, 1.82) is 0 Å². The molecule has 1 N–H and O–H groups in total. The summed E-state index contributed by atoms with van der Waals surface area (Å²) in [6.45, 7) is 16.7. The lowest BCUT2D eigenvalue weighted by Gasteiger charge is -2.70. The quantitative estimate of drug-likeness (QED) is 0.290. The van der Waals surface area contributed by atoms with Gasteiger partial charge in [-0.25, -0.2) is 0 Å². The van der Waals surface area contributed by atoms with Crippen LogP contribution in [0.15, 0.2) is 41.5 Å². The van der Waals surface area contributed by atoms with E-state index in [4.69, 9.17) is 4.74 Å². The fraction of sp³-hybridized carbons (Fsp3) is 0.737. The molecule has 0 heterocycles. The third-order valence-electron chi connectivity index (χ3n) is 14.4. The van der Waals surface area contributed by atoms with Crippen molar-refractivity contribution in [2.75, 3.05) is 6.61 Å². The molecule has 0 aliphatic heterocycles. The monoisotopic (exact) mass is 574 g/mol. The molecule has 0 spiro atoms. The molecular weight excluding hydrogens is 520 g/mol. The molecule has 6 rings (SSSR count). The molecule has 0 bridgehead atoms. The second-order valence-corrected chi connectivity index (χ2v) is 16.9. The highest BCUT2D eigenvalue weighted by Crippen LogP contribution is 2.74. The summed E-state index contributed by atoms with van der Waals surface area (Å²) in [5, 5.41) is 11.0. The molecule has 0 amide bonds. The van der Waals surface area contributed by atoms with Crippen LogP contribution < -0.4 is 0 Å². The number of ketones is 1. The van der Waals surface area contributed by atoms with Gasteiger partial charge in [0.1, 0.15) is 5.78 Å². The summed E-state index contributed by atoms with van der Waals surface area (Å²) in [6, 6.07) is 10.2. The number of aliphatic hydroxyl groups is 1. The SMILES string of the molecule is CC1(C)C2CC[C@]3(C)C(C(=O)CC4=C5C[C@@](C)(C(=O)OCCc6ccccc6)CC[C@]5(C)CC[C@]43C)[C@@]2(C)CC[C@@H]1O. The normalized spacial score (nSPS) is 44.4. The van der Waals surface area contributed by atoms with Gasteiger partial charge >= 0.3 is 5.97 Å². The number of ether oxygens (including phenoxy) is 1. The number of carbonyl (C=O) groups excluding carboxylic acids is 2. The first-order chi connectivity index (χ1) is 19.6. The van der Waals surface area contributed by atoms with Crippen LogP contribution in [0.3, 0.4) is 0 Å². The summed E-state index contributed by atoms with van der Waals surface area (Å²) in [5.74, 6) is 0.708. The lowest BCUT2D eigenvalue weighted by atomic mass is 9.34. The van der Waals surface area contributed by atoms with E-state index in [0.29, 0.717) is 31.1 Å².